The number of nitrogens with zero attached hydrogens (tertiary/aromatic N) is 3. The van der Waals surface area contributed by atoms with Gasteiger partial charge in [0, 0.05) is 42.3 Å². The fourth-order valence-corrected chi connectivity index (χ4v) is 3.88. The van der Waals surface area contributed by atoms with Crippen molar-refractivity contribution in [1.82, 2.24) is 9.55 Å². The highest BCUT2D eigenvalue weighted by atomic mass is 16.5. The monoisotopic (exact) mass is 369 g/mol. The molecule has 1 saturated heterocycles. The number of aromatic nitrogens is 2. The maximum absolute atomic E-state index is 12.6. The number of esters is 1. The summed E-state index contributed by atoms with van der Waals surface area (Å²) < 4.78 is 7.46. The Kier molecular flexibility index (Phi) is 5.63. The van der Waals surface area contributed by atoms with Crippen LogP contribution in [0.15, 0.2) is 24.4 Å². The van der Waals surface area contributed by atoms with Crippen LogP contribution in [-0.4, -0.2) is 41.0 Å². The summed E-state index contributed by atoms with van der Waals surface area (Å²) in [6.07, 6.45) is 3.86. The van der Waals surface area contributed by atoms with Crippen molar-refractivity contribution < 1.29 is 14.3 Å². The lowest BCUT2D eigenvalue weighted by atomic mass is 10.1. The number of rotatable bonds is 6. The van der Waals surface area contributed by atoms with Crippen molar-refractivity contribution in [1.29, 1.82) is 0 Å². The van der Waals surface area contributed by atoms with Crippen molar-refractivity contribution in [3.63, 3.8) is 0 Å². The minimum Gasteiger partial charge on any atom is -0.454 e. The third-order valence-corrected chi connectivity index (χ3v) is 5.05. The SMILES string of the molecule is Cc1cc(C(=O)COC(=O)c2cccnc2N2CCCC2)c(C)n1C(C)C. The molecule has 0 saturated carbocycles. The average molecular weight is 369 g/mol. The second-order valence-corrected chi connectivity index (χ2v) is 7.32. The summed E-state index contributed by atoms with van der Waals surface area (Å²) in [5.74, 6) is -0.0450. The van der Waals surface area contributed by atoms with Crippen LogP contribution in [0.1, 0.15) is 64.8 Å². The summed E-state index contributed by atoms with van der Waals surface area (Å²) in [6, 6.07) is 5.56. The molecule has 2 aromatic rings. The number of hydrogen-bond donors (Lipinski definition) is 0. The summed E-state index contributed by atoms with van der Waals surface area (Å²) in [6.45, 7) is 9.57. The number of anilines is 1. The van der Waals surface area contributed by atoms with Gasteiger partial charge in [0.25, 0.3) is 0 Å². The molecular formula is C21H27N3O3. The van der Waals surface area contributed by atoms with E-state index in [1.54, 1.807) is 18.3 Å². The van der Waals surface area contributed by atoms with Gasteiger partial charge >= 0.3 is 5.97 Å². The molecule has 1 aliphatic rings. The Hall–Kier alpha value is -2.63. The van der Waals surface area contributed by atoms with Crippen LogP contribution in [0.25, 0.3) is 0 Å². The van der Waals surface area contributed by atoms with E-state index in [9.17, 15) is 9.59 Å². The summed E-state index contributed by atoms with van der Waals surface area (Å²) >= 11 is 0. The molecule has 0 radical (unpaired) electrons. The number of pyridine rings is 1. The van der Waals surface area contributed by atoms with E-state index in [1.807, 2.05) is 19.9 Å². The van der Waals surface area contributed by atoms with Gasteiger partial charge in [0.05, 0.1) is 0 Å². The summed E-state index contributed by atoms with van der Waals surface area (Å²) in [4.78, 5) is 31.6. The lowest BCUT2D eigenvalue weighted by Gasteiger charge is -2.18. The van der Waals surface area contributed by atoms with Gasteiger partial charge in [-0.2, -0.15) is 0 Å². The third kappa shape index (κ3) is 3.89. The van der Waals surface area contributed by atoms with Crippen LogP contribution >= 0.6 is 0 Å². The minimum atomic E-state index is -0.504. The maximum atomic E-state index is 12.6. The standard InChI is InChI=1S/C21H27N3O3/c1-14(2)24-15(3)12-18(16(24)4)19(25)13-27-21(26)17-8-7-9-22-20(17)23-10-5-6-11-23/h7-9,12,14H,5-6,10-11,13H2,1-4H3. The third-order valence-electron chi connectivity index (χ3n) is 5.05. The van der Waals surface area contributed by atoms with Gasteiger partial charge in [-0.15, -0.1) is 0 Å². The van der Waals surface area contributed by atoms with Crippen LogP contribution in [0, 0.1) is 13.8 Å². The predicted octanol–water partition coefficient (Wildman–Crippen LogP) is 3.72. The first-order chi connectivity index (χ1) is 12.9. The number of Topliss-reactive ketones (excluding diaryl/α,β-unsaturated/α-hetero) is 1. The molecular weight excluding hydrogens is 342 g/mol. The van der Waals surface area contributed by atoms with Crippen molar-refractivity contribution >= 4 is 17.6 Å². The van der Waals surface area contributed by atoms with Gasteiger partial charge in [-0.1, -0.05) is 0 Å². The molecule has 6 heteroatoms. The average Bonchev–Trinajstić information content (AvgIpc) is 3.27. The quantitative estimate of drug-likeness (QED) is 0.573. The Balaban J connectivity index is 1.72. The number of aryl methyl sites for hydroxylation is 1. The highest BCUT2D eigenvalue weighted by Crippen LogP contribution is 2.23. The van der Waals surface area contributed by atoms with Gasteiger partial charge in [-0.05, 0) is 58.7 Å². The van der Waals surface area contributed by atoms with Crippen LogP contribution in [0.4, 0.5) is 5.82 Å². The predicted molar refractivity (Wildman–Crippen MR) is 105 cm³/mol. The maximum Gasteiger partial charge on any atom is 0.342 e. The molecule has 27 heavy (non-hydrogen) atoms. The van der Waals surface area contributed by atoms with E-state index < -0.39 is 5.97 Å². The van der Waals surface area contributed by atoms with Crippen molar-refractivity contribution in [2.45, 2.75) is 46.6 Å². The lowest BCUT2D eigenvalue weighted by Crippen LogP contribution is -2.23. The van der Waals surface area contributed by atoms with E-state index in [-0.39, 0.29) is 18.4 Å². The molecule has 3 rings (SSSR count). The van der Waals surface area contributed by atoms with Gasteiger partial charge in [0.2, 0.25) is 5.78 Å². The van der Waals surface area contributed by atoms with Gasteiger partial charge in [-0.25, -0.2) is 9.78 Å². The second kappa shape index (κ2) is 7.94. The summed E-state index contributed by atoms with van der Waals surface area (Å²) in [5, 5.41) is 0. The smallest absolute Gasteiger partial charge is 0.342 e. The normalized spacial score (nSPS) is 14.0. The second-order valence-electron chi connectivity index (χ2n) is 7.32. The van der Waals surface area contributed by atoms with E-state index in [1.165, 1.54) is 0 Å². The lowest BCUT2D eigenvalue weighted by molar-refractivity contribution is 0.0474. The zero-order valence-electron chi connectivity index (χ0n) is 16.5. The van der Waals surface area contributed by atoms with Crippen LogP contribution in [0.3, 0.4) is 0 Å². The Bertz CT molecular complexity index is 848. The Labute approximate surface area is 160 Å². The molecule has 0 aliphatic carbocycles. The van der Waals surface area contributed by atoms with E-state index in [0.717, 1.165) is 37.3 Å². The van der Waals surface area contributed by atoms with Gasteiger partial charge in [-0.3, -0.25) is 4.79 Å². The number of ketones is 1. The summed E-state index contributed by atoms with van der Waals surface area (Å²) in [7, 11) is 0. The number of ether oxygens (including phenoxy) is 1. The zero-order valence-corrected chi connectivity index (χ0v) is 16.5. The Morgan fingerprint density at radius 1 is 1.19 bits per heavy atom. The van der Waals surface area contributed by atoms with Crippen LogP contribution in [0.2, 0.25) is 0 Å². The molecule has 0 atom stereocenters. The molecule has 0 unspecified atom stereocenters. The summed E-state index contributed by atoms with van der Waals surface area (Å²) in [5.41, 5.74) is 2.96. The molecule has 6 nitrogen and oxygen atoms in total. The minimum absolute atomic E-state index is 0.185. The zero-order chi connectivity index (χ0) is 19.6. The highest BCUT2D eigenvalue weighted by molar-refractivity contribution is 6.01. The van der Waals surface area contributed by atoms with E-state index in [2.05, 4.69) is 28.3 Å². The fourth-order valence-electron chi connectivity index (χ4n) is 3.88. The van der Waals surface area contributed by atoms with E-state index in [0.29, 0.717) is 16.9 Å². The Morgan fingerprint density at radius 3 is 2.52 bits per heavy atom. The molecule has 0 bridgehead atoms. The van der Waals surface area contributed by atoms with Crippen molar-refractivity contribution in [3.05, 3.63) is 46.9 Å². The van der Waals surface area contributed by atoms with E-state index in [4.69, 9.17) is 4.74 Å². The van der Waals surface area contributed by atoms with Gasteiger partial charge < -0.3 is 14.2 Å². The molecule has 144 valence electrons. The van der Waals surface area contributed by atoms with E-state index >= 15 is 0 Å². The first-order valence-electron chi connectivity index (χ1n) is 9.49. The molecule has 1 aliphatic heterocycles. The van der Waals surface area contributed by atoms with Crippen LogP contribution < -0.4 is 4.90 Å². The highest BCUT2D eigenvalue weighted by Gasteiger charge is 2.23. The first-order valence-corrected chi connectivity index (χ1v) is 9.49. The van der Waals surface area contributed by atoms with Crippen LogP contribution in [-0.2, 0) is 4.74 Å². The number of hydrogen-bond acceptors (Lipinski definition) is 5. The molecule has 0 aromatic carbocycles. The number of carbonyl (C=O) groups is 2. The van der Waals surface area contributed by atoms with Crippen molar-refractivity contribution in [2.75, 3.05) is 24.6 Å². The molecule has 0 amide bonds. The van der Waals surface area contributed by atoms with Crippen LogP contribution in [0.5, 0.6) is 0 Å². The largest absolute Gasteiger partial charge is 0.454 e. The van der Waals surface area contributed by atoms with Gasteiger partial charge in [0.1, 0.15) is 11.4 Å². The molecule has 0 N–H and O–H groups in total. The van der Waals surface area contributed by atoms with Crippen molar-refractivity contribution in [3.8, 4) is 0 Å². The molecule has 1 fully saturated rings. The topological polar surface area (TPSA) is 64.4 Å². The Morgan fingerprint density at radius 2 is 1.89 bits per heavy atom. The fraction of sp³-hybridized carbons (Fsp3) is 0.476. The molecule has 2 aromatic heterocycles. The molecule has 0 spiro atoms. The van der Waals surface area contributed by atoms with Crippen molar-refractivity contribution in [2.24, 2.45) is 0 Å². The number of carbonyl (C=O) groups excluding carboxylic acids is 2. The van der Waals surface area contributed by atoms with Gasteiger partial charge in [0.15, 0.2) is 6.61 Å². The first kappa shape index (κ1) is 19.1. The molecule has 3 heterocycles.